The Kier molecular flexibility index (Phi) is 5.20. The zero-order chi connectivity index (χ0) is 11.3. The lowest BCUT2D eigenvalue weighted by Crippen LogP contribution is -2.29. The van der Waals surface area contributed by atoms with Gasteiger partial charge < -0.3 is 5.32 Å². The van der Waals surface area contributed by atoms with Crippen LogP contribution in [0.25, 0.3) is 0 Å². The van der Waals surface area contributed by atoms with Gasteiger partial charge in [0.2, 0.25) is 10.0 Å². The lowest BCUT2D eigenvalue weighted by Gasteiger charge is -2.03. The zero-order valence-electron chi connectivity index (χ0n) is 8.29. The summed E-state index contributed by atoms with van der Waals surface area (Å²) in [7, 11) is -1.66. The monoisotopic (exact) mass is 312 g/mol. The van der Waals surface area contributed by atoms with E-state index in [0.717, 1.165) is 3.79 Å². The Morgan fingerprint density at radius 3 is 2.73 bits per heavy atom. The van der Waals surface area contributed by atoms with Gasteiger partial charge >= 0.3 is 0 Å². The summed E-state index contributed by atoms with van der Waals surface area (Å²) in [6, 6.07) is 3.99. The van der Waals surface area contributed by atoms with Crippen molar-refractivity contribution in [3.63, 3.8) is 0 Å². The van der Waals surface area contributed by atoms with Crippen molar-refractivity contribution in [2.75, 3.05) is 19.3 Å². The third-order valence-corrected chi connectivity index (χ3v) is 4.77. The van der Waals surface area contributed by atoms with Crippen molar-refractivity contribution in [1.29, 1.82) is 0 Å². The molecule has 0 aliphatic heterocycles. The van der Waals surface area contributed by atoms with E-state index in [1.165, 1.54) is 11.9 Å². The minimum Gasteiger partial charge on any atom is -0.311 e. The molecule has 2 N–H and O–H groups in total. The minimum absolute atomic E-state index is 0.107. The summed E-state index contributed by atoms with van der Waals surface area (Å²) in [5, 5.41) is 3.08. The lowest BCUT2D eigenvalue weighted by atomic mass is 10.4. The van der Waals surface area contributed by atoms with Crippen LogP contribution in [0.4, 0.5) is 0 Å². The Morgan fingerprint density at radius 2 is 2.20 bits per heavy atom. The molecule has 15 heavy (non-hydrogen) atoms. The third-order valence-electron chi connectivity index (χ3n) is 1.79. The van der Waals surface area contributed by atoms with Gasteiger partial charge in [-0.2, -0.15) is 0 Å². The van der Waals surface area contributed by atoms with Crippen LogP contribution in [-0.4, -0.2) is 27.8 Å². The van der Waals surface area contributed by atoms with Gasteiger partial charge in [-0.1, -0.05) is 0 Å². The van der Waals surface area contributed by atoms with Gasteiger partial charge in [0.1, 0.15) is 0 Å². The second-order valence-electron chi connectivity index (χ2n) is 2.91. The van der Waals surface area contributed by atoms with Crippen molar-refractivity contribution in [2.45, 2.75) is 6.54 Å². The molecule has 0 unspecified atom stereocenters. The van der Waals surface area contributed by atoms with E-state index in [9.17, 15) is 8.42 Å². The van der Waals surface area contributed by atoms with Crippen LogP contribution in [0.2, 0.25) is 0 Å². The fourth-order valence-electron chi connectivity index (χ4n) is 0.967. The first-order chi connectivity index (χ1) is 7.03. The van der Waals surface area contributed by atoms with E-state index in [2.05, 4.69) is 26.0 Å². The average Bonchev–Trinajstić information content (AvgIpc) is 2.59. The van der Waals surface area contributed by atoms with Gasteiger partial charge in [0.15, 0.2) is 0 Å². The first-order valence-corrected chi connectivity index (χ1v) is 7.66. The fourth-order valence-corrected chi connectivity index (χ4v) is 3.04. The maximum Gasteiger partial charge on any atom is 0.212 e. The molecule has 0 aromatic carbocycles. The molecule has 1 rings (SSSR count). The van der Waals surface area contributed by atoms with Gasteiger partial charge in [0.25, 0.3) is 0 Å². The molecule has 7 heteroatoms. The molecule has 0 spiro atoms. The van der Waals surface area contributed by atoms with Crippen LogP contribution in [0.5, 0.6) is 0 Å². The van der Waals surface area contributed by atoms with Crippen LogP contribution in [-0.2, 0) is 16.6 Å². The highest BCUT2D eigenvalue weighted by Gasteiger charge is 2.05. The fraction of sp³-hybridized carbons (Fsp3) is 0.500. The molecule has 86 valence electrons. The number of sulfonamides is 1. The molecule has 0 saturated heterocycles. The standard InChI is InChI=1S/C8H13BrN2O2S2/c1-10-15(12,13)5-4-11-6-7-2-3-8(9)14-7/h2-3,10-11H,4-6H2,1H3. The van der Waals surface area contributed by atoms with Gasteiger partial charge in [0.05, 0.1) is 9.54 Å². The molecule has 0 atom stereocenters. The Balaban J connectivity index is 2.23. The molecule has 0 saturated carbocycles. The summed E-state index contributed by atoms with van der Waals surface area (Å²) in [5.41, 5.74) is 0. The molecule has 0 amide bonds. The molecule has 1 aromatic rings. The molecule has 4 nitrogen and oxygen atoms in total. The van der Waals surface area contributed by atoms with Gasteiger partial charge in [0, 0.05) is 18.0 Å². The summed E-state index contributed by atoms with van der Waals surface area (Å²) in [6.45, 7) is 1.16. The van der Waals surface area contributed by atoms with Gasteiger partial charge in [-0.15, -0.1) is 11.3 Å². The average molecular weight is 313 g/mol. The van der Waals surface area contributed by atoms with E-state index >= 15 is 0 Å². The predicted octanol–water partition coefficient (Wildman–Crippen LogP) is 1.15. The maximum atomic E-state index is 11.1. The Labute approximate surface area is 102 Å². The third kappa shape index (κ3) is 5.07. The Hall–Kier alpha value is 0.0500. The van der Waals surface area contributed by atoms with E-state index in [1.807, 2.05) is 12.1 Å². The largest absolute Gasteiger partial charge is 0.311 e. The normalized spacial score (nSPS) is 11.9. The molecular formula is C8H13BrN2O2S2. The molecule has 0 aliphatic carbocycles. The van der Waals surface area contributed by atoms with E-state index in [1.54, 1.807) is 11.3 Å². The summed E-state index contributed by atoms with van der Waals surface area (Å²) in [6.07, 6.45) is 0. The number of rotatable bonds is 6. The predicted molar refractivity (Wildman–Crippen MR) is 66.6 cm³/mol. The van der Waals surface area contributed by atoms with Crippen LogP contribution in [0.3, 0.4) is 0 Å². The summed E-state index contributed by atoms with van der Waals surface area (Å²) >= 11 is 5.01. The van der Waals surface area contributed by atoms with E-state index in [-0.39, 0.29) is 5.75 Å². The number of hydrogen-bond acceptors (Lipinski definition) is 4. The molecule has 0 bridgehead atoms. The molecular weight excluding hydrogens is 300 g/mol. The zero-order valence-corrected chi connectivity index (χ0v) is 11.5. The molecule has 1 heterocycles. The van der Waals surface area contributed by atoms with Crippen molar-refractivity contribution in [3.05, 3.63) is 20.8 Å². The minimum atomic E-state index is -3.09. The topological polar surface area (TPSA) is 58.2 Å². The van der Waals surface area contributed by atoms with E-state index in [0.29, 0.717) is 13.1 Å². The number of hydrogen-bond donors (Lipinski definition) is 2. The van der Waals surface area contributed by atoms with Gasteiger partial charge in [-0.25, -0.2) is 13.1 Å². The number of nitrogens with one attached hydrogen (secondary N) is 2. The molecule has 0 aliphatic rings. The van der Waals surface area contributed by atoms with Crippen LogP contribution >= 0.6 is 27.3 Å². The smallest absolute Gasteiger partial charge is 0.212 e. The van der Waals surface area contributed by atoms with Crippen LogP contribution in [0, 0.1) is 0 Å². The highest BCUT2D eigenvalue weighted by molar-refractivity contribution is 9.11. The lowest BCUT2D eigenvalue weighted by molar-refractivity contribution is 0.583. The van der Waals surface area contributed by atoms with Crippen molar-refractivity contribution in [2.24, 2.45) is 0 Å². The number of thiophene rings is 1. The Morgan fingerprint density at radius 1 is 1.47 bits per heavy atom. The highest BCUT2D eigenvalue weighted by Crippen LogP contribution is 2.21. The number of halogens is 1. The van der Waals surface area contributed by atoms with Crippen LogP contribution in [0.15, 0.2) is 15.9 Å². The van der Waals surface area contributed by atoms with Gasteiger partial charge in [-0.3, -0.25) is 0 Å². The van der Waals surface area contributed by atoms with E-state index < -0.39 is 10.0 Å². The van der Waals surface area contributed by atoms with Crippen molar-refractivity contribution in [3.8, 4) is 0 Å². The first-order valence-electron chi connectivity index (χ1n) is 4.39. The van der Waals surface area contributed by atoms with Crippen molar-refractivity contribution < 1.29 is 8.42 Å². The molecule has 0 radical (unpaired) electrons. The molecule has 1 aromatic heterocycles. The highest BCUT2D eigenvalue weighted by atomic mass is 79.9. The summed E-state index contributed by atoms with van der Waals surface area (Å²) < 4.78 is 25.5. The van der Waals surface area contributed by atoms with E-state index in [4.69, 9.17) is 0 Å². The van der Waals surface area contributed by atoms with Gasteiger partial charge in [-0.05, 0) is 35.1 Å². The second-order valence-corrected chi connectivity index (χ2v) is 7.50. The summed E-state index contributed by atoms with van der Waals surface area (Å²) in [4.78, 5) is 1.18. The van der Waals surface area contributed by atoms with Crippen molar-refractivity contribution in [1.82, 2.24) is 10.0 Å². The van der Waals surface area contributed by atoms with Crippen LogP contribution < -0.4 is 10.0 Å². The first kappa shape index (κ1) is 13.1. The van der Waals surface area contributed by atoms with Crippen LogP contribution in [0.1, 0.15) is 4.88 Å². The Bertz CT molecular complexity index is 403. The summed E-state index contributed by atoms with van der Waals surface area (Å²) in [5.74, 6) is 0.107. The maximum absolute atomic E-state index is 11.1. The quantitative estimate of drug-likeness (QED) is 0.775. The van der Waals surface area contributed by atoms with Crippen molar-refractivity contribution >= 4 is 37.3 Å². The SMILES string of the molecule is CNS(=O)(=O)CCNCc1ccc(Br)s1. The molecule has 0 fully saturated rings. The second kappa shape index (κ2) is 5.95.